The van der Waals surface area contributed by atoms with Gasteiger partial charge in [0.15, 0.2) is 0 Å². The van der Waals surface area contributed by atoms with Crippen LogP contribution in [0.5, 0.6) is 0 Å². The van der Waals surface area contributed by atoms with E-state index in [0.29, 0.717) is 10.2 Å². The van der Waals surface area contributed by atoms with Crippen LogP contribution in [-0.2, 0) is 5.41 Å². The van der Waals surface area contributed by atoms with Gasteiger partial charge in [0.2, 0.25) is 0 Å². The van der Waals surface area contributed by atoms with Crippen LogP contribution in [0.3, 0.4) is 0 Å². The van der Waals surface area contributed by atoms with Crippen molar-refractivity contribution in [1.82, 2.24) is 0 Å². The van der Waals surface area contributed by atoms with Crippen LogP contribution >= 0.6 is 15.9 Å². The van der Waals surface area contributed by atoms with E-state index in [2.05, 4.69) is 74.8 Å². The molecule has 1 aromatic rings. The van der Waals surface area contributed by atoms with Gasteiger partial charge >= 0.3 is 0 Å². The lowest BCUT2D eigenvalue weighted by molar-refractivity contribution is 0.136. The van der Waals surface area contributed by atoms with Crippen molar-refractivity contribution in [3.8, 4) is 0 Å². The molecule has 1 saturated carbocycles. The molecule has 1 aliphatic carbocycles. The standard InChI is InChI=1S/C19H29Br/c1-18(2,3)15-11-9-14(10-12-15)17(20)16-8-6-7-13-19(16,4)5/h9-12,16-17H,6-8,13H2,1-5H3. The maximum atomic E-state index is 4.00. The largest absolute Gasteiger partial charge is 0.0836 e. The van der Waals surface area contributed by atoms with E-state index in [1.165, 1.54) is 36.8 Å². The van der Waals surface area contributed by atoms with E-state index in [4.69, 9.17) is 0 Å². The number of hydrogen-bond donors (Lipinski definition) is 0. The highest BCUT2D eigenvalue weighted by Crippen LogP contribution is 2.50. The minimum Gasteiger partial charge on any atom is -0.0836 e. The Balaban J connectivity index is 2.18. The molecule has 1 aliphatic rings. The zero-order valence-electron chi connectivity index (χ0n) is 13.7. The van der Waals surface area contributed by atoms with Crippen molar-refractivity contribution in [2.45, 2.75) is 70.5 Å². The summed E-state index contributed by atoms with van der Waals surface area (Å²) in [5.74, 6) is 0.747. The van der Waals surface area contributed by atoms with Crippen LogP contribution in [0.15, 0.2) is 24.3 Å². The first-order chi connectivity index (χ1) is 9.22. The molecule has 2 unspecified atom stereocenters. The molecule has 2 atom stereocenters. The highest BCUT2D eigenvalue weighted by atomic mass is 79.9. The van der Waals surface area contributed by atoms with Crippen LogP contribution in [0.25, 0.3) is 0 Å². The summed E-state index contributed by atoms with van der Waals surface area (Å²) in [5.41, 5.74) is 3.56. The molecule has 0 aliphatic heterocycles. The van der Waals surface area contributed by atoms with E-state index in [1.807, 2.05) is 0 Å². The molecule has 0 spiro atoms. The number of hydrogen-bond acceptors (Lipinski definition) is 0. The van der Waals surface area contributed by atoms with Gasteiger partial charge < -0.3 is 0 Å². The van der Waals surface area contributed by atoms with Gasteiger partial charge in [0.25, 0.3) is 0 Å². The molecule has 0 amide bonds. The van der Waals surface area contributed by atoms with E-state index in [1.54, 1.807) is 0 Å². The van der Waals surface area contributed by atoms with Crippen molar-refractivity contribution in [3.05, 3.63) is 35.4 Å². The summed E-state index contributed by atoms with van der Waals surface area (Å²) in [6.45, 7) is 11.7. The summed E-state index contributed by atoms with van der Waals surface area (Å²) in [6.07, 6.45) is 5.49. The number of rotatable bonds is 2. The fraction of sp³-hybridized carbons (Fsp3) is 0.684. The van der Waals surface area contributed by atoms with Crippen molar-refractivity contribution >= 4 is 15.9 Å². The van der Waals surface area contributed by atoms with E-state index in [9.17, 15) is 0 Å². The van der Waals surface area contributed by atoms with Crippen molar-refractivity contribution in [1.29, 1.82) is 0 Å². The fourth-order valence-electron chi connectivity index (χ4n) is 3.46. The molecule has 0 aromatic heterocycles. The van der Waals surface area contributed by atoms with Gasteiger partial charge in [-0.2, -0.15) is 0 Å². The molecule has 0 nitrogen and oxygen atoms in total. The minimum absolute atomic E-state index is 0.241. The second kappa shape index (κ2) is 5.83. The average Bonchev–Trinajstić information content (AvgIpc) is 2.36. The van der Waals surface area contributed by atoms with Crippen LogP contribution in [0.4, 0.5) is 0 Å². The summed E-state index contributed by atoms with van der Waals surface area (Å²) in [7, 11) is 0. The molecular formula is C19H29Br. The van der Waals surface area contributed by atoms with E-state index in [0.717, 1.165) is 5.92 Å². The molecule has 112 valence electrons. The number of benzene rings is 1. The van der Waals surface area contributed by atoms with E-state index in [-0.39, 0.29) is 5.41 Å². The highest BCUT2D eigenvalue weighted by molar-refractivity contribution is 9.09. The number of alkyl halides is 1. The predicted molar refractivity (Wildman–Crippen MR) is 92.5 cm³/mol. The van der Waals surface area contributed by atoms with Gasteiger partial charge in [-0.15, -0.1) is 0 Å². The molecule has 1 aromatic carbocycles. The van der Waals surface area contributed by atoms with Crippen molar-refractivity contribution < 1.29 is 0 Å². The maximum Gasteiger partial charge on any atom is 0.0428 e. The molecule has 0 saturated heterocycles. The van der Waals surface area contributed by atoms with Crippen molar-refractivity contribution in [2.24, 2.45) is 11.3 Å². The Bertz CT molecular complexity index is 436. The highest BCUT2D eigenvalue weighted by Gasteiger charge is 2.37. The first-order valence-corrected chi connectivity index (χ1v) is 8.88. The Morgan fingerprint density at radius 3 is 2.20 bits per heavy atom. The Morgan fingerprint density at radius 1 is 1.10 bits per heavy atom. The molecule has 0 bridgehead atoms. The zero-order chi connectivity index (χ0) is 15.0. The predicted octanol–water partition coefficient (Wildman–Crippen LogP) is 6.64. The van der Waals surface area contributed by atoms with Gasteiger partial charge in [0, 0.05) is 4.83 Å². The third-order valence-electron chi connectivity index (χ3n) is 5.04. The Kier molecular flexibility index (Phi) is 4.69. The molecule has 20 heavy (non-hydrogen) atoms. The monoisotopic (exact) mass is 336 g/mol. The fourth-order valence-corrected chi connectivity index (χ4v) is 4.75. The Morgan fingerprint density at radius 2 is 1.70 bits per heavy atom. The first kappa shape index (κ1) is 16.1. The van der Waals surface area contributed by atoms with Gasteiger partial charge in [-0.25, -0.2) is 0 Å². The summed E-state index contributed by atoms with van der Waals surface area (Å²) >= 11 is 4.00. The SMILES string of the molecule is CC(C)(C)c1ccc(C(Br)C2CCCCC2(C)C)cc1. The molecule has 0 N–H and O–H groups in total. The van der Waals surface area contributed by atoms with Gasteiger partial charge in [0.1, 0.15) is 0 Å². The van der Waals surface area contributed by atoms with Gasteiger partial charge in [-0.3, -0.25) is 0 Å². The van der Waals surface area contributed by atoms with Crippen LogP contribution in [-0.4, -0.2) is 0 Å². The lowest BCUT2D eigenvalue weighted by atomic mass is 9.66. The van der Waals surface area contributed by atoms with Crippen LogP contribution in [0.2, 0.25) is 0 Å². The lowest BCUT2D eigenvalue weighted by Gasteiger charge is -2.41. The normalized spacial score (nSPS) is 24.4. The van der Waals surface area contributed by atoms with Gasteiger partial charge in [0.05, 0.1) is 0 Å². The molecular weight excluding hydrogens is 308 g/mol. The lowest BCUT2D eigenvalue weighted by Crippen LogP contribution is -2.30. The van der Waals surface area contributed by atoms with Crippen molar-refractivity contribution in [2.75, 3.05) is 0 Å². The second-order valence-corrected chi connectivity index (χ2v) is 9.10. The summed E-state index contributed by atoms with van der Waals surface area (Å²) in [4.78, 5) is 0.492. The minimum atomic E-state index is 0.241. The van der Waals surface area contributed by atoms with Gasteiger partial charge in [-0.1, -0.05) is 87.7 Å². The average molecular weight is 337 g/mol. The van der Waals surface area contributed by atoms with Gasteiger partial charge in [-0.05, 0) is 40.7 Å². The third-order valence-corrected chi connectivity index (χ3v) is 6.21. The smallest absolute Gasteiger partial charge is 0.0428 e. The second-order valence-electron chi connectivity index (χ2n) is 8.11. The Hall–Kier alpha value is -0.300. The summed E-state index contributed by atoms with van der Waals surface area (Å²) in [5, 5.41) is 0. The van der Waals surface area contributed by atoms with Crippen molar-refractivity contribution in [3.63, 3.8) is 0 Å². The summed E-state index contributed by atoms with van der Waals surface area (Å²) < 4.78 is 0. The van der Waals surface area contributed by atoms with E-state index >= 15 is 0 Å². The quantitative estimate of drug-likeness (QED) is 0.531. The first-order valence-electron chi connectivity index (χ1n) is 7.96. The van der Waals surface area contributed by atoms with Crippen LogP contribution in [0, 0.1) is 11.3 Å². The molecule has 0 heterocycles. The molecule has 1 heteroatoms. The molecule has 1 fully saturated rings. The Labute approximate surface area is 133 Å². The third kappa shape index (κ3) is 3.47. The molecule has 0 radical (unpaired) electrons. The maximum absolute atomic E-state index is 4.00. The zero-order valence-corrected chi connectivity index (χ0v) is 15.3. The van der Waals surface area contributed by atoms with E-state index < -0.39 is 0 Å². The topological polar surface area (TPSA) is 0 Å². The van der Waals surface area contributed by atoms with Crippen LogP contribution < -0.4 is 0 Å². The van der Waals surface area contributed by atoms with Crippen LogP contribution in [0.1, 0.15) is 76.3 Å². The molecule has 2 rings (SSSR count). The summed E-state index contributed by atoms with van der Waals surface area (Å²) in [6, 6.07) is 9.26. The number of halogens is 1.